The fraction of sp³-hybridized carbons (Fsp3) is 0.364. The molecule has 1 unspecified atom stereocenters. The molecule has 0 aliphatic carbocycles. The van der Waals surface area contributed by atoms with Gasteiger partial charge in [-0.15, -0.1) is 0 Å². The first-order valence-electron chi connectivity index (χ1n) is 4.89. The van der Waals surface area contributed by atoms with Crippen molar-refractivity contribution >= 4 is 21.8 Å². The zero-order valence-corrected chi connectivity index (χ0v) is 10.8. The standard InChI is InChI=1S/C11H12BrF2NO2/c1-17-6-8(5-12)15-11(16)7-2-3-9(13)10(14)4-7/h2-4,8H,5-6H2,1H3,(H,15,16). The second-order valence-corrected chi connectivity index (χ2v) is 4.06. The van der Waals surface area contributed by atoms with E-state index in [0.29, 0.717) is 11.9 Å². The largest absolute Gasteiger partial charge is 0.383 e. The smallest absolute Gasteiger partial charge is 0.251 e. The third-order valence-electron chi connectivity index (χ3n) is 2.07. The van der Waals surface area contributed by atoms with Gasteiger partial charge in [0.05, 0.1) is 12.6 Å². The minimum Gasteiger partial charge on any atom is -0.383 e. The molecule has 0 heterocycles. The van der Waals surface area contributed by atoms with E-state index in [1.54, 1.807) is 0 Å². The summed E-state index contributed by atoms with van der Waals surface area (Å²) in [4.78, 5) is 11.7. The molecule has 1 amide bonds. The van der Waals surface area contributed by atoms with E-state index in [1.165, 1.54) is 13.2 Å². The summed E-state index contributed by atoms with van der Waals surface area (Å²) in [5, 5.41) is 3.14. The Hall–Kier alpha value is -1.01. The van der Waals surface area contributed by atoms with Gasteiger partial charge in [-0.25, -0.2) is 8.78 Å². The average molecular weight is 308 g/mol. The maximum Gasteiger partial charge on any atom is 0.251 e. The van der Waals surface area contributed by atoms with Crippen molar-refractivity contribution < 1.29 is 18.3 Å². The lowest BCUT2D eigenvalue weighted by molar-refractivity contribution is 0.0907. The monoisotopic (exact) mass is 307 g/mol. The van der Waals surface area contributed by atoms with Gasteiger partial charge in [0.25, 0.3) is 5.91 Å². The maximum atomic E-state index is 12.9. The van der Waals surface area contributed by atoms with Crippen LogP contribution in [0.25, 0.3) is 0 Å². The molecule has 1 rings (SSSR count). The fourth-order valence-corrected chi connectivity index (χ4v) is 1.58. The SMILES string of the molecule is COCC(CBr)NC(=O)c1ccc(F)c(F)c1. The van der Waals surface area contributed by atoms with Crippen LogP contribution < -0.4 is 5.32 Å². The molecule has 0 aromatic heterocycles. The molecule has 1 N–H and O–H groups in total. The Balaban J connectivity index is 2.72. The van der Waals surface area contributed by atoms with E-state index in [2.05, 4.69) is 21.2 Å². The summed E-state index contributed by atoms with van der Waals surface area (Å²) in [5.74, 6) is -2.49. The highest BCUT2D eigenvalue weighted by molar-refractivity contribution is 9.09. The Kier molecular flexibility index (Phi) is 5.50. The number of amides is 1. The quantitative estimate of drug-likeness (QED) is 0.846. The molecule has 17 heavy (non-hydrogen) atoms. The highest BCUT2D eigenvalue weighted by Gasteiger charge is 2.14. The molecule has 0 saturated carbocycles. The molecule has 0 bridgehead atoms. The third kappa shape index (κ3) is 4.05. The number of carbonyl (C=O) groups is 1. The number of hydrogen-bond donors (Lipinski definition) is 1. The summed E-state index contributed by atoms with van der Waals surface area (Å²) in [6.45, 7) is 0.334. The van der Waals surface area contributed by atoms with Crippen LogP contribution in [0.3, 0.4) is 0 Å². The molecular formula is C11H12BrF2NO2. The predicted molar refractivity (Wildman–Crippen MR) is 63.3 cm³/mol. The van der Waals surface area contributed by atoms with Crippen LogP contribution in [0.5, 0.6) is 0 Å². The number of benzene rings is 1. The summed E-state index contributed by atoms with van der Waals surface area (Å²) in [6.07, 6.45) is 0. The molecule has 1 atom stereocenters. The van der Waals surface area contributed by atoms with Gasteiger partial charge in [-0.2, -0.15) is 0 Å². The van der Waals surface area contributed by atoms with Gasteiger partial charge in [-0.3, -0.25) is 4.79 Å². The number of hydrogen-bond acceptors (Lipinski definition) is 2. The number of nitrogens with one attached hydrogen (secondary N) is 1. The average Bonchev–Trinajstić information content (AvgIpc) is 2.31. The zero-order chi connectivity index (χ0) is 12.8. The molecule has 94 valence electrons. The molecular weight excluding hydrogens is 296 g/mol. The second kappa shape index (κ2) is 6.66. The van der Waals surface area contributed by atoms with E-state index in [9.17, 15) is 13.6 Å². The number of carbonyl (C=O) groups excluding carboxylic acids is 1. The minimum atomic E-state index is -1.04. The number of halogens is 3. The molecule has 0 spiro atoms. The number of rotatable bonds is 5. The Morgan fingerprint density at radius 3 is 2.71 bits per heavy atom. The van der Waals surface area contributed by atoms with E-state index in [4.69, 9.17) is 4.74 Å². The normalized spacial score (nSPS) is 12.2. The van der Waals surface area contributed by atoms with Crippen LogP contribution in [0.15, 0.2) is 18.2 Å². The highest BCUT2D eigenvalue weighted by Crippen LogP contribution is 2.09. The van der Waals surface area contributed by atoms with Crippen molar-refractivity contribution in [2.45, 2.75) is 6.04 Å². The van der Waals surface area contributed by atoms with Gasteiger partial charge >= 0.3 is 0 Å². The van der Waals surface area contributed by atoms with Crippen LogP contribution in [-0.2, 0) is 4.74 Å². The van der Waals surface area contributed by atoms with Crippen molar-refractivity contribution in [3.05, 3.63) is 35.4 Å². The summed E-state index contributed by atoms with van der Waals surface area (Å²) in [6, 6.07) is 2.79. The molecule has 3 nitrogen and oxygen atoms in total. The van der Waals surface area contributed by atoms with Crippen molar-refractivity contribution in [3.63, 3.8) is 0 Å². The van der Waals surface area contributed by atoms with Crippen LogP contribution in [0, 0.1) is 11.6 Å². The molecule has 0 radical (unpaired) electrons. The summed E-state index contributed by atoms with van der Waals surface area (Å²) >= 11 is 3.22. The summed E-state index contributed by atoms with van der Waals surface area (Å²) in [7, 11) is 1.51. The van der Waals surface area contributed by atoms with Crippen LogP contribution in [0.2, 0.25) is 0 Å². The number of methoxy groups -OCH3 is 1. The lowest BCUT2D eigenvalue weighted by Gasteiger charge is -2.15. The summed E-state index contributed by atoms with van der Waals surface area (Å²) in [5.41, 5.74) is 0.0750. The van der Waals surface area contributed by atoms with Crippen molar-refractivity contribution in [1.82, 2.24) is 5.32 Å². The van der Waals surface area contributed by atoms with Crippen LogP contribution in [0.4, 0.5) is 8.78 Å². The molecule has 0 saturated heterocycles. The van der Waals surface area contributed by atoms with E-state index in [1.807, 2.05) is 0 Å². The van der Waals surface area contributed by atoms with Crippen LogP contribution >= 0.6 is 15.9 Å². The van der Waals surface area contributed by atoms with E-state index < -0.39 is 17.5 Å². The van der Waals surface area contributed by atoms with Crippen molar-refractivity contribution in [2.75, 3.05) is 19.0 Å². The van der Waals surface area contributed by atoms with Gasteiger partial charge in [0.2, 0.25) is 0 Å². The first kappa shape index (κ1) is 14.1. The van der Waals surface area contributed by atoms with Gasteiger partial charge < -0.3 is 10.1 Å². The van der Waals surface area contributed by atoms with Crippen LogP contribution in [-0.4, -0.2) is 31.0 Å². The van der Waals surface area contributed by atoms with Gasteiger partial charge in [0, 0.05) is 18.0 Å². The molecule has 1 aromatic carbocycles. The third-order valence-corrected chi connectivity index (χ3v) is 2.85. The molecule has 1 aromatic rings. The highest BCUT2D eigenvalue weighted by atomic mass is 79.9. The Labute approximate surface area is 106 Å². The van der Waals surface area contributed by atoms with Gasteiger partial charge in [0.1, 0.15) is 0 Å². The van der Waals surface area contributed by atoms with E-state index >= 15 is 0 Å². The Bertz CT molecular complexity index is 401. The summed E-state index contributed by atoms with van der Waals surface area (Å²) < 4.78 is 30.5. The van der Waals surface area contributed by atoms with Crippen molar-refractivity contribution in [3.8, 4) is 0 Å². The van der Waals surface area contributed by atoms with Gasteiger partial charge in [-0.05, 0) is 18.2 Å². The van der Waals surface area contributed by atoms with Gasteiger partial charge in [-0.1, -0.05) is 15.9 Å². The first-order valence-corrected chi connectivity index (χ1v) is 6.01. The molecule has 0 aliphatic rings. The lowest BCUT2D eigenvalue weighted by Crippen LogP contribution is -2.39. The minimum absolute atomic E-state index is 0.0750. The van der Waals surface area contributed by atoms with E-state index in [0.717, 1.165) is 12.1 Å². The molecule has 6 heteroatoms. The van der Waals surface area contributed by atoms with Gasteiger partial charge in [0.15, 0.2) is 11.6 Å². The predicted octanol–water partition coefficient (Wildman–Crippen LogP) is 2.10. The molecule has 0 fully saturated rings. The first-order chi connectivity index (χ1) is 8.08. The van der Waals surface area contributed by atoms with Crippen molar-refractivity contribution in [1.29, 1.82) is 0 Å². The fourth-order valence-electron chi connectivity index (χ4n) is 1.23. The number of alkyl halides is 1. The maximum absolute atomic E-state index is 12.9. The number of ether oxygens (including phenoxy) is 1. The molecule has 0 aliphatic heterocycles. The Morgan fingerprint density at radius 1 is 1.47 bits per heavy atom. The topological polar surface area (TPSA) is 38.3 Å². The van der Waals surface area contributed by atoms with E-state index in [-0.39, 0.29) is 11.6 Å². The van der Waals surface area contributed by atoms with Crippen molar-refractivity contribution in [2.24, 2.45) is 0 Å². The lowest BCUT2D eigenvalue weighted by atomic mass is 10.2. The van der Waals surface area contributed by atoms with Crippen LogP contribution in [0.1, 0.15) is 10.4 Å². The Morgan fingerprint density at radius 2 is 2.18 bits per heavy atom. The zero-order valence-electron chi connectivity index (χ0n) is 9.17. The second-order valence-electron chi connectivity index (χ2n) is 3.41.